The van der Waals surface area contributed by atoms with Crippen molar-refractivity contribution in [3.63, 3.8) is 0 Å². The smallest absolute Gasteiger partial charge is 0.159 e. The lowest BCUT2D eigenvalue weighted by atomic mass is 10.1. The molecule has 0 saturated carbocycles. The van der Waals surface area contributed by atoms with Gasteiger partial charge in [0.15, 0.2) is 11.6 Å². The highest BCUT2D eigenvalue weighted by atomic mass is 19.2. The molecule has 2 nitrogen and oxygen atoms in total. The Hall–Kier alpha value is -1.94. The number of aryl methyl sites for hydroxylation is 1. The van der Waals surface area contributed by atoms with Crippen molar-refractivity contribution in [3.8, 4) is 0 Å². The first kappa shape index (κ1) is 13.5. The van der Waals surface area contributed by atoms with Gasteiger partial charge in [-0.25, -0.2) is 8.78 Å². The molecule has 0 fully saturated rings. The van der Waals surface area contributed by atoms with Crippen molar-refractivity contribution in [1.29, 1.82) is 0 Å². The lowest BCUT2D eigenvalue weighted by molar-refractivity contribution is 0.191. The van der Waals surface area contributed by atoms with Gasteiger partial charge in [-0.05, 0) is 36.2 Å². The van der Waals surface area contributed by atoms with E-state index >= 15 is 0 Å². The molecule has 0 radical (unpaired) electrons. The van der Waals surface area contributed by atoms with E-state index in [9.17, 15) is 13.9 Å². The predicted molar refractivity (Wildman–Crippen MR) is 71.0 cm³/mol. The molecule has 0 aliphatic heterocycles. The summed E-state index contributed by atoms with van der Waals surface area (Å²) in [6.45, 7) is 2.18. The van der Waals surface area contributed by atoms with E-state index in [1.807, 2.05) is 31.2 Å². The van der Waals surface area contributed by atoms with Crippen molar-refractivity contribution in [2.75, 3.05) is 11.9 Å². The number of benzene rings is 2. The van der Waals surface area contributed by atoms with Gasteiger partial charge in [0.1, 0.15) is 0 Å². The van der Waals surface area contributed by atoms with E-state index in [0.29, 0.717) is 5.56 Å². The number of halogens is 2. The summed E-state index contributed by atoms with van der Waals surface area (Å²) >= 11 is 0. The SMILES string of the molecule is Cc1ccccc1NCC(O)c1ccc(F)c(F)c1. The van der Waals surface area contributed by atoms with Gasteiger partial charge >= 0.3 is 0 Å². The van der Waals surface area contributed by atoms with E-state index in [2.05, 4.69) is 5.32 Å². The molecule has 2 aromatic carbocycles. The van der Waals surface area contributed by atoms with Crippen molar-refractivity contribution in [2.45, 2.75) is 13.0 Å². The van der Waals surface area contributed by atoms with Crippen LogP contribution < -0.4 is 5.32 Å². The minimum Gasteiger partial charge on any atom is -0.387 e. The number of anilines is 1. The fourth-order valence-corrected chi connectivity index (χ4v) is 1.82. The number of para-hydroxylation sites is 1. The minimum absolute atomic E-state index is 0.232. The third kappa shape index (κ3) is 3.29. The van der Waals surface area contributed by atoms with Gasteiger partial charge in [0.25, 0.3) is 0 Å². The molecule has 2 N–H and O–H groups in total. The molecule has 4 heteroatoms. The van der Waals surface area contributed by atoms with E-state index in [0.717, 1.165) is 23.4 Å². The van der Waals surface area contributed by atoms with E-state index in [-0.39, 0.29) is 6.54 Å². The molecule has 0 aromatic heterocycles. The lowest BCUT2D eigenvalue weighted by Crippen LogP contribution is -2.13. The van der Waals surface area contributed by atoms with Gasteiger partial charge in [0.2, 0.25) is 0 Å². The van der Waals surface area contributed by atoms with Crippen molar-refractivity contribution < 1.29 is 13.9 Å². The number of aliphatic hydroxyl groups is 1. The molecular formula is C15H15F2NO. The van der Waals surface area contributed by atoms with Crippen LogP contribution in [-0.4, -0.2) is 11.7 Å². The van der Waals surface area contributed by atoms with Crippen LogP contribution in [0.4, 0.5) is 14.5 Å². The molecule has 1 unspecified atom stereocenters. The number of rotatable bonds is 4. The van der Waals surface area contributed by atoms with Gasteiger partial charge in [-0.3, -0.25) is 0 Å². The molecule has 0 aliphatic carbocycles. The molecule has 0 bridgehead atoms. The maximum atomic E-state index is 13.1. The molecule has 0 saturated heterocycles. The van der Waals surface area contributed by atoms with Crippen molar-refractivity contribution in [3.05, 3.63) is 65.2 Å². The molecule has 0 heterocycles. The Morgan fingerprint density at radius 1 is 1.11 bits per heavy atom. The summed E-state index contributed by atoms with van der Waals surface area (Å²) in [6, 6.07) is 11.1. The zero-order valence-electron chi connectivity index (χ0n) is 10.5. The highest BCUT2D eigenvalue weighted by molar-refractivity contribution is 5.50. The van der Waals surface area contributed by atoms with Gasteiger partial charge in [-0.15, -0.1) is 0 Å². The molecule has 1 atom stereocenters. The van der Waals surface area contributed by atoms with E-state index in [4.69, 9.17) is 0 Å². The maximum absolute atomic E-state index is 13.1. The zero-order chi connectivity index (χ0) is 13.8. The number of aliphatic hydroxyl groups excluding tert-OH is 1. The standard InChI is InChI=1S/C15H15F2NO/c1-10-4-2-3-5-14(10)18-9-15(19)11-6-7-12(16)13(17)8-11/h2-8,15,18-19H,9H2,1H3. The highest BCUT2D eigenvalue weighted by Crippen LogP contribution is 2.19. The third-order valence-corrected chi connectivity index (χ3v) is 2.96. The second-order valence-electron chi connectivity index (χ2n) is 4.39. The molecule has 2 aromatic rings. The first-order chi connectivity index (χ1) is 9.08. The van der Waals surface area contributed by atoms with Gasteiger partial charge in [0.05, 0.1) is 6.10 Å². The molecular weight excluding hydrogens is 248 g/mol. The van der Waals surface area contributed by atoms with Gasteiger partial charge in [0, 0.05) is 12.2 Å². The molecule has 0 aliphatic rings. The summed E-state index contributed by atoms with van der Waals surface area (Å²) in [5.41, 5.74) is 2.31. The average Bonchev–Trinajstić information content (AvgIpc) is 2.40. The van der Waals surface area contributed by atoms with Crippen molar-refractivity contribution in [1.82, 2.24) is 0 Å². The summed E-state index contributed by atoms with van der Waals surface area (Å²) in [5.74, 6) is -1.87. The van der Waals surface area contributed by atoms with Crippen LogP contribution in [0.25, 0.3) is 0 Å². The summed E-state index contributed by atoms with van der Waals surface area (Å²) in [6.07, 6.45) is -0.894. The Morgan fingerprint density at radius 3 is 2.53 bits per heavy atom. The number of nitrogens with one attached hydrogen (secondary N) is 1. The third-order valence-electron chi connectivity index (χ3n) is 2.96. The van der Waals surface area contributed by atoms with Crippen LogP contribution in [0.2, 0.25) is 0 Å². The number of hydrogen-bond acceptors (Lipinski definition) is 2. The Morgan fingerprint density at radius 2 is 1.84 bits per heavy atom. The summed E-state index contributed by atoms with van der Waals surface area (Å²) in [7, 11) is 0. The summed E-state index contributed by atoms with van der Waals surface area (Å²) < 4.78 is 25.9. The second kappa shape index (κ2) is 5.80. The first-order valence-electron chi connectivity index (χ1n) is 6.00. The predicted octanol–water partition coefficient (Wildman–Crippen LogP) is 3.42. The Labute approximate surface area is 110 Å². The van der Waals surface area contributed by atoms with Crippen LogP contribution in [0.3, 0.4) is 0 Å². The van der Waals surface area contributed by atoms with Crippen LogP contribution in [0.15, 0.2) is 42.5 Å². The molecule has 0 amide bonds. The monoisotopic (exact) mass is 263 g/mol. The van der Waals surface area contributed by atoms with Gasteiger partial charge in [-0.2, -0.15) is 0 Å². The van der Waals surface area contributed by atoms with E-state index < -0.39 is 17.7 Å². The normalized spacial score (nSPS) is 12.2. The fraction of sp³-hybridized carbons (Fsp3) is 0.200. The minimum atomic E-state index is -0.951. The second-order valence-corrected chi connectivity index (χ2v) is 4.39. The fourth-order valence-electron chi connectivity index (χ4n) is 1.82. The topological polar surface area (TPSA) is 32.3 Å². The summed E-state index contributed by atoms with van der Waals surface area (Å²) in [4.78, 5) is 0. The van der Waals surface area contributed by atoms with Crippen LogP contribution in [0.5, 0.6) is 0 Å². The van der Waals surface area contributed by atoms with Crippen molar-refractivity contribution in [2.24, 2.45) is 0 Å². The Balaban J connectivity index is 2.03. The van der Waals surface area contributed by atoms with E-state index in [1.165, 1.54) is 6.07 Å². The molecule has 100 valence electrons. The number of hydrogen-bond donors (Lipinski definition) is 2. The van der Waals surface area contributed by atoms with E-state index in [1.54, 1.807) is 0 Å². The lowest BCUT2D eigenvalue weighted by Gasteiger charge is -2.14. The Kier molecular flexibility index (Phi) is 4.12. The van der Waals surface area contributed by atoms with Crippen LogP contribution in [-0.2, 0) is 0 Å². The average molecular weight is 263 g/mol. The molecule has 0 spiro atoms. The zero-order valence-corrected chi connectivity index (χ0v) is 10.5. The summed E-state index contributed by atoms with van der Waals surface area (Å²) in [5, 5.41) is 13.0. The largest absolute Gasteiger partial charge is 0.387 e. The first-order valence-corrected chi connectivity index (χ1v) is 6.00. The van der Waals surface area contributed by atoms with Crippen LogP contribution >= 0.6 is 0 Å². The maximum Gasteiger partial charge on any atom is 0.159 e. The van der Waals surface area contributed by atoms with Gasteiger partial charge < -0.3 is 10.4 Å². The van der Waals surface area contributed by atoms with Crippen molar-refractivity contribution >= 4 is 5.69 Å². The van der Waals surface area contributed by atoms with Crippen LogP contribution in [0, 0.1) is 18.6 Å². The van der Waals surface area contributed by atoms with Gasteiger partial charge in [-0.1, -0.05) is 24.3 Å². The van der Waals surface area contributed by atoms with Crippen LogP contribution in [0.1, 0.15) is 17.2 Å². The Bertz CT molecular complexity index is 572. The quantitative estimate of drug-likeness (QED) is 0.886. The highest BCUT2D eigenvalue weighted by Gasteiger charge is 2.11. The molecule has 19 heavy (non-hydrogen) atoms. The molecule has 2 rings (SSSR count).